The Kier molecular flexibility index (Phi) is 8.13. The third kappa shape index (κ3) is 6.73. The highest BCUT2D eigenvalue weighted by Gasteiger charge is 2.27. The van der Waals surface area contributed by atoms with Gasteiger partial charge in [-0.15, -0.1) is 0 Å². The molecule has 0 radical (unpaired) electrons. The van der Waals surface area contributed by atoms with Crippen molar-refractivity contribution in [1.82, 2.24) is 0 Å². The second-order valence-corrected chi connectivity index (χ2v) is 9.84. The summed E-state index contributed by atoms with van der Waals surface area (Å²) in [5.74, 6) is -0.899. The minimum absolute atomic E-state index is 0.00631. The van der Waals surface area contributed by atoms with Crippen molar-refractivity contribution in [2.45, 2.75) is 66.2 Å². The summed E-state index contributed by atoms with van der Waals surface area (Å²) in [6.07, 6.45) is 14.6. The number of hydrogen-bond donors (Lipinski definition) is 2. The van der Waals surface area contributed by atoms with Crippen molar-refractivity contribution in [3.05, 3.63) is 58.7 Å². The third-order valence-electron chi connectivity index (χ3n) is 6.03. The number of ketones is 2. The van der Waals surface area contributed by atoms with Crippen LogP contribution in [0.15, 0.2) is 58.7 Å². The molecule has 0 unspecified atom stereocenters. The van der Waals surface area contributed by atoms with Crippen LogP contribution in [0.2, 0.25) is 0 Å². The lowest BCUT2D eigenvalue weighted by Crippen LogP contribution is -2.23. The molecule has 0 atom stereocenters. The Morgan fingerprint density at radius 2 is 1.29 bits per heavy atom. The SMILES string of the molecule is CC(C)(CO)CCCC1=CC=C(/C=C/C2=CC=C(CCCC(C)(C)C(=O)O)C2=O)C1=O. The van der Waals surface area contributed by atoms with E-state index in [2.05, 4.69) is 0 Å². The first-order valence-electron chi connectivity index (χ1n) is 10.9. The number of carbonyl (C=O) groups excluding carboxylic acids is 2. The molecule has 2 N–H and O–H groups in total. The number of carboxylic acids is 1. The molecule has 0 aromatic rings. The van der Waals surface area contributed by atoms with Crippen LogP contribution in [-0.2, 0) is 14.4 Å². The molecule has 5 heteroatoms. The van der Waals surface area contributed by atoms with Gasteiger partial charge in [0.25, 0.3) is 0 Å². The maximum atomic E-state index is 12.6. The molecule has 0 heterocycles. The molecule has 0 fully saturated rings. The van der Waals surface area contributed by atoms with Gasteiger partial charge >= 0.3 is 5.97 Å². The Morgan fingerprint density at radius 1 is 0.839 bits per heavy atom. The van der Waals surface area contributed by atoms with Crippen molar-refractivity contribution in [1.29, 1.82) is 0 Å². The van der Waals surface area contributed by atoms with Gasteiger partial charge in [-0.1, -0.05) is 50.3 Å². The molecule has 0 bridgehead atoms. The quantitative estimate of drug-likeness (QED) is 0.464. The van der Waals surface area contributed by atoms with E-state index in [1.165, 1.54) is 0 Å². The Labute approximate surface area is 184 Å². The number of Topliss-reactive ketones (excluding diaryl/α,β-unsaturated/α-hetero) is 2. The lowest BCUT2D eigenvalue weighted by Gasteiger charge is -2.21. The van der Waals surface area contributed by atoms with Gasteiger partial charge in [-0.2, -0.15) is 0 Å². The lowest BCUT2D eigenvalue weighted by molar-refractivity contribution is -0.147. The Bertz CT molecular complexity index is 891. The topological polar surface area (TPSA) is 91.7 Å². The summed E-state index contributed by atoms with van der Waals surface area (Å²) in [5.41, 5.74) is 1.62. The van der Waals surface area contributed by atoms with Crippen LogP contribution in [-0.4, -0.2) is 34.4 Å². The van der Waals surface area contributed by atoms with E-state index in [4.69, 9.17) is 0 Å². The summed E-state index contributed by atoms with van der Waals surface area (Å²) in [7, 11) is 0. The first kappa shape index (κ1) is 24.7. The van der Waals surface area contributed by atoms with Gasteiger partial charge in [-0.3, -0.25) is 14.4 Å². The molecule has 0 amide bonds. The number of carbonyl (C=O) groups is 3. The zero-order chi connectivity index (χ0) is 23.2. The first-order valence-corrected chi connectivity index (χ1v) is 10.9. The molecule has 0 saturated heterocycles. The van der Waals surface area contributed by atoms with E-state index >= 15 is 0 Å². The van der Waals surface area contributed by atoms with Gasteiger partial charge in [0.2, 0.25) is 0 Å². The van der Waals surface area contributed by atoms with Crippen LogP contribution >= 0.6 is 0 Å². The van der Waals surface area contributed by atoms with Gasteiger partial charge in [0.15, 0.2) is 11.6 Å². The highest BCUT2D eigenvalue weighted by atomic mass is 16.4. The molecule has 0 aromatic carbocycles. The van der Waals surface area contributed by atoms with Crippen LogP contribution < -0.4 is 0 Å². The zero-order valence-electron chi connectivity index (χ0n) is 19.0. The highest BCUT2D eigenvalue weighted by Crippen LogP contribution is 2.29. The molecule has 0 aliphatic heterocycles. The highest BCUT2D eigenvalue weighted by molar-refractivity contribution is 6.15. The fourth-order valence-corrected chi connectivity index (χ4v) is 3.55. The maximum absolute atomic E-state index is 12.6. The second kappa shape index (κ2) is 10.2. The van der Waals surface area contributed by atoms with Gasteiger partial charge in [0.05, 0.1) is 5.41 Å². The first-order chi connectivity index (χ1) is 14.5. The summed E-state index contributed by atoms with van der Waals surface area (Å²) in [6.45, 7) is 7.52. The normalized spacial score (nSPS) is 17.2. The number of rotatable bonds is 12. The molecule has 5 nitrogen and oxygen atoms in total. The monoisotopic (exact) mass is 426 g/mol. The predicted molar refractivity (Wildman–Crippen MR) is 121 cm³/mol. The van der Waals surface area contributed by atoms with Crippen LogP contribution in [0.5, 0.6) is 0 Å². The molecule has 2 aliphatic carbocycles. The van der Waals surface area contributed by atoms with Crippen molar-refractivity contribution in [2.75, 3.05) is 6.61 Å². The van der Waals surface area contributed by atoms with E-state index in [0.29, 0.717) is 42.4 Å². The standard InChI is InChI=1S/C26H34O5/c1-25(2,17-27)15-5-7-18-9-11-20(22(18)28)13-14-21-12-10-19(23(21)29)8-6-16-26(3,4)24(30)31/h9-14,27H,5-8,15-17H2,1-4H3,(H,30,31)/b14-13+. The minimum atomic E-state index is -0.833. The average Bonchev–Trinajstić information content (AvgIpc) is 3.23. The van der Waals surface area contributed by atoms with Crippen LogP contribution in [0.3, 0.4) is 0 Å². The largest absolute Gasteiger partial charge is 0.481 e. The molecule has 2 aliphatic rings. The third-order valence-corrected chi connectivity index (χ3v) is 6.03. The van der Waals surface area contributed by atoms with Crippen molar-refractivity contribution in [2.24, 2.45) is 10.8 Å². The number of carboxylic acid groups (broad SMARTS) is 1. The van der Waals surface area contributed by atoms with Gasteiger partial charge < -0.3 is 10.2 Å². The summed E-state index contributed by atoms with van der Waals surface area (Å²) in [5, 5.41) is 18.5. The molecular formula is C26H34O5. The lowest BCUT2D eigenvalue weighted by atomic mass is 9.86. The molecule has 0 spiro atoms. The fraction of sp³-hybridized carbons (Fsp3) is 0.500. The van der Waals surface area contributed by atoms with Crippen molar-refractivity contribution in [3.8, 4) is 0 Å². The summed E-state index contributed by atoms with van der Waals surface area (Å²) in [6, 6.07) is 0. The van der Waals surface area contributed by atoms with Crippen LogP contribution in [0.4, 0.5) is 0 Å². The number of allylic oxidation sites excluding steroid dienone is 10. The zero-order valence-corrected chi connectivity index (χ0v) is 19.0. The van der Waals surface area contributed by atoms with Crippen LogP contribution in [0, 0.1) is 10.8 Å². The molecule has 168 valence electrons. The Morgan fingerprint density at radius 3 is 1.71 bits per heavy atom. The summed E-state index contributed by atoms with van der Waals surface area (Å²) < 4.78 is 0. The van der Waals surface area contributed by atoms with E-state index in [1.807, 2.05) is 19.9 Å². The predicted octanol–water partition coefficient (Wildman–Crippen LogP) is 4.88. The minimum Gasteiger partial charge on any atom is -0.481 e. The van der Waals surface area contributed by atoms with E-state index in [-0.39, 0.29) is 23.6 Å². The van der Waals surface area contributed by atoms with Gasteiger partial charge in [-0.25, -0.2) is 0 Å². The van der Waals surface area contributed by atoms with Gasteiger partial charge in [0, 0.05) is 28.9 Å². The summed E-state index contributed by atoms with van der Waals surface area (Å²) >= 11 is 0. The Hall–Kier alpha value is -2.53. The maximum Gasteiger partial charge on any atom is 0.309 e. The molecule has 0 aromatic heterocycles. The smallest absolute Gasteiger partial charge is 0.309 e. The fourth-order valence-electron chi connectivity index (χ4n) is 3.55. The van der Waals surface area contributed by atoms with E-state index in [1.54, 1.807) is 44.2 Å². The van der Waals surface area contributed by atoms with Crippen molar-refractivity contribution >= 4 is 17.5 Å². The van der Waals surface area contributed by atoms with Crippen LogP contribution in [0.1, 0.15) is 66.2 Å². The second-order valence-electron chi connectivity index (χ2n) is 9.84. The molecule has 31 heavy (non-hydrogen) atoms. The number of aliphatic hydroxyl groups excluding tert-OH is 1. The van der Waals surface area contributed by atoms with Crippen molar-refractivity contribution in [3.63, 3.8) is 0 Å². The van der Waals surface area contributed by atoms with Crippen LogP contribution in [0.25, 0.3) is 0 Å². The van der Waals surface area contributed by atoms with E-state index < -0.39 is 11.4 Å². The Balaban J connectivity index is 1.80. The number of hydrogen-bond acceptors (Lipinski definition) is 4. The van der Waals surface area contributed by atoms with Crippen molar-refractivity contribution < 1.29 is 24.6 Å². The van der Waals surface area contributed by atoms with E-state index in [0.717, 1.165) is 18.4 Å². The van der Waals surface area contributed by atoms with Gasteiger partial charge in [-0.05, 0) is 57.8 Å². The van der Waals surface area contributed by atoms with E-state index in [9.17, 15) is 24.6 Å². The van der Waals surface area contributed by atoms with Gasteiger partial charge in [0.1, 0.15) is 0 Å². The molecule has 0 saturated carbocycles. The molecule has 2 rings (SSSR count). The molecular weight excluding hydrogens is 392 g/mol. The average molecular weight is 427 g/mol. The number of aliphatic hydroxyl groups is 1. The summed E-state index contributed by atoms with van der Waals surface area (Å²) in [4.78, 5) is 36.3. The number of aliphatic carboxylic acids is 1.